The molecule has 0 aliphatic heterocycles. The molecule has 0 saturated carbocycles. The van der Waals surface area contributed by atoms with Crippen LogP contribution in [0.1, 0.15) is 32.8 Å². The second-order valence-electron chi connectivity index (χ2n) is 7.72. The number of methoxy groups -OCH3 is 1. The van der Waals surface area contributed by atoms with Crippen LogP contribution in [0.3, 0.4) is 0 Å². The molecule has 0 fully saturated rings. The summed E-state index contributed by atoms with van der Waals surface area (Å²) in [5, 5.41) is 14.7. The van der Waals surface area contributed by atoms with E-state index in [1.807, 2.05) is 13.8 Å². The van der Waals surface area contributed by atoms with E-state index in [2.05, 4.69) is 5.32 Å². The first-order valence-electron chi connectivity index (χ1n) is 10.6. The predicted molar refractivity (Wildman–Crippen MR) is 130 cm³/mol. The Labute approximate surface area is 208 Å². The SMILES string of the molecule is CC[C@@H](C(=O)NC(C)C)N(Cc1ccc(Cl)cc1Cl)C(=O)COc1ccc([N+](=O)[O-])c(OC)c1. The Morgan fingerprint density at radius 3 is 2.44 bits per heavy atom. The number of ether oxygens (including phenoxy) is 2. The smallest absolute Gasteiger partial charge is 0.311 e. The fourth-order valence-corrected chi connectivity index (χ4v) is 3.73. The molecule has 0 spiro atoms. The van der Waals surface area contributed by atoms with E-state index in [0.717, 1.165) is 0 Å². The Hall–Kier alpha value is -3.04. The van der Waals surface area contributed by atoms with Crippen LogP contribution in [0.4, 0.5) is 5.69 Å². The molecule has 0 bridgehead atoms. The Bertz CT molecular complexity index is 1050. The third-order valence-corrected chi connectivity index (χ3v) is 5.47. The minimum atomic E-state index is -0.767. The predicted octanol–water partition coefficient (Wildman–Crippen LogP) is 4.62. The maximum absolute atomic E-state index is 13.2. The Kier molecular flexibility index (Phi) is 9.95. The van der Waals surface area contributed by atoms with Gasteiger partial charge in [-0.05, 0) is 44.0 Å². The van der Waals surface area contributed by atoms with Crippen molar-refractivity contribution in [2.24, 2.45) is 0 Å². The van der Waals surface area contributed by atoms with E-state index in [1.165, 1.54) is 30.2 Å². The number of nitro benzene ring substituents is 1. The van der Waals surface area contributed by atoms with Crippen molar-refractivity contribution in [2.75, 3.05) is 13.7 Å². The molecular formula is C23H27Cl2N3O6. The molecule has 1 atom stereocenters. The van der Waals surface area contributed by atoms with E-state index >= 15 is 0 Å². The Morgan fingerprint density at radius 1 is 1.18 bits per heavy atom. The molecule has 2 rings (SSSR count). The molecule has 2 amide bonds. The van der Waals surface area contributed by atoms with E-state index in [4.69, 9.17) is 32.7 Å². The van der Waals surface area contributed by atoms with Crippen molar-refractivity contribution in [1.82, 2.24) is 10.2 Å². The van der Waals surface area contributed by atoms with E-state index in [-0.39, 0.29) is 35.7 Å². The number of nitrogens with zero attached hydrogens (tertiary/aromatic N) is 2. The Morgan fingerprint density at radius 2 is 1.88 bits per heavy atom. The lowest BCUT2D eigenvalue weighted by Crippen LogP contribution is -2.51. The van der Waals surface area contributed by atoms with Crippen molar-refractivity contribution < 1.29 is 24.0 Å². The second kappa shape index (κ2) is 12.4. The van der Waals surface area contributed by atoms with Crippen LogP contribution in [0, 0.1) is 10.1 Å². The molecule has 0 aromatic heterocycles. The van der Waals surface area contributed by atoms with Crippen LogP contribution in [0.2, 0.25) is 10.0 Å². The minimum absolute atomic E-state index is 0.00231. The summed E-state index contributed by atoms with van der Waals surface area (Å²) in [4.78, 5) is 38.0. The first kappa shape index (κ1) is 27.2. The summed E-state index contributed by atoms with van der Waals surface area (Å²) in [5.41, 5.74) is 0.392. The van der Waals surface area contributed by atoms with Gasteiger partial charge in [-0.3, -0.25) is 19.7 Å². The van der Waals surface area contributed by atoms with Gasteiger partial charge in [-0.1, -0.05) is 36.2 Å². The summed E-state index contributed by atoms with van der Waals surface area (Å²) in [6, 6.07) is 7.97. The molecule has 0 unspecified atom stereocenters. The molecule has 0 radical (unpaired) electrons. The number of halogens is 2. The molecule has 1 N–H and O–H groups in total. The number of rotatable bonds is 11. The summed E-state index contributed by atoms with van der Waals surface area (Å²) in [6.45, 7) is 5.12. The summed E-state index contributed by atoms with van der Waals surface area (Å²) >= 11 is 12.3. The number of carbonyl (C=O) groups is 2. The van der Waals surface area contributed by atoms with Gasteiger partial charge >= 0.3 is 5.69 Å². The van der Waals surface area contributed by atoms with Crippen LogP contribution in [-0.4, -0.2) is 47.4 Å². The zero-order valence-electron chi connectivity index (χ0n) is 19.3. The zero-order chi connectivity index (χ0) is 25.4. The van der Waals surface area contributed by atoms with Crippen molar-refractivity contribution in [3.05, 3.63) is 62.1 Å². The first-order valence-corrected chi connectivity index (χ1v) is 11.3. The standard InChI is InChI=1S/C23H27Cl2N3O6/c1-5-19(23(30)26-14(2)3)27(12-15-6-7-16(24)10-18(15)25)22(29)13-34-17-8-9-20(28(31)32)21(11-17)33-4/h6-11,14,19H,5,12-13H2,1-4H3,(H,26,30)/t19-/m0/s1. The van der Waals surface area contributed by atoms with Gasteiger partial charge in [0.1, 0.15) is 11.8 Å². The molecule has 0 heterocycles. The van der Waals surface area contributed by atoms with Gasteiger partial charge < -0.3 is 19.7 Å². The molecule has 34 heavy (non-hydrogen) atoms. The molecule has 0 aliphatic rings. The minimum Gasteiger partial charge on any atom is -0.490 e. The molecule has 2 aromatic rings. The van der Waals surface area contributed by atoms with Crippen LogP contribution >= 0.6 is 23.2 Å². The number of amides is 2. The van der Waals surface area contributed by atoms with E-state index in [1.54, 1.807) is 25.1 Å². The van der Waals surface area contributed by atoms with Gasteiger partial charge in [0.25, 0.3) is 5.91 Å². The van der Waals surface area contributed by atoms with E-state index in [9.17, 15) is 19.7 Å². The molecule has 0 saturated heterocycles. The number of nitro groups is 1. The van der Waals surface area contributed by atoms with Crippen molar-refractivity contribution >= 4 is 40.7 Å². The fraction of sp³-hybridized carbons (Fsp3) is 0.391. The van der Waals surface area contributed by atoms with Crippen molar-refractivity contribution in [3.8, 4) is 11.5 Å². The van der Waals surface area contributed by atoms with Crippen LogP contribution in [-0.2, 0) is 16.1 Å². The molecular weight excluding hydrogens is 485 g/mol. The molecule has 184 valence electrons. The Balaban J connectivity index is 2.29. The highest BCUT2D eigenvalue weighted by Gasteiger charge is 2.30. The molecule has 11 heteroatoms. The normalized spacial score (nSPS) is 11.6. The van der Waals surface area contributed by atoms with Crippen molar-refractivity contribution in [2.45, 2.75) is 45.8 Å². The second-order valence-corrected chi connectivity index (χ2v) is 8.57. The zero-order valence-corrected chi connectivity index (χ0v) is 20.9. The van der Waals surface area contributed by atoms with Gasteiger partial charge in [0.15, 0.2) is 6.61 Å². The van der Waals surface area contributed by atoms with Crippen molar-refractivity contribution in [1.29, 1.82) is 0 Å². The van der Waals surface area contributed by atoms with Gasteiger partial charge in [-0.15, -0.1) is 0 Å². The van der Waals surface area contributed by atoms with E-state index < -0.39 is 23.5 Å². The third kappa shape index (κ3) is 7.23. The monoisotopic (exact) mass is 511 g/mol. The topological polar surface area (TPSA) is 111 Å². The van der Waals surface area contributed by atoms with Gasteiger partial charge in [0.05, 0.1) is 12.0 Å². The molecule has 0 aliphatic carbocycles. The van der Waals surface area contributed by atoms with Gasteiger partial charge in [-0.25, -0.2) is 0 Å². The first-order chi connectivity index (χ1) is 16.1. The highest BCUT2D eigenvalue weighted by Crippen LogP contribution is 2.31. The highest BCUT2D eigenvalue weighted by molar-refractivity contribution is 6.35. The maximum atomic E-state index is 13.2. The lowest BCUT2D eigenvalue weighted by atomic mass is 10.1. The summed E-state index contributed by atoms with van der Waals surface area (Å²) in [6.07, 6.45) is 0.362. The largest absolute Gasteiger partial charge is 0.490 e. The van der Waals surface area contributed by atoms with Crippen molar-refractivity contribution in [3.63, 3.8) is 0 Å². The molecule has 9 nitrogen and oxygen atoms in total. The number of carbonyl (C=O) groups excluding carboxylic acids is 2. The van der Waals surface area contributed by atoms with Crippen LogP contribution in [0.25, 0.3) is 0 Å². The lowest BCUT2D eigenvalue weighted by molar-refractivity contribution is -0.385. The fourth-order valence-electron chi connectivity index (χ4n) is 3.26. The summed E-state index contributed by atoms with van der Waals surface area (Å²) in [7, 11) is 1.30. The summed E-state index contributed by atoms with van der Waals surface area (Å²) in [5.74, 6) is -0.551. The number of benzene rings is 2. The van der Waals surface area contributed by atoms with Gasteiger partial charge in [0, 0.05) is 34.8 Å². The molecule has 2 aromatic carbocycles. The van der Waals surface area contributed by atoms with E-state index in [0.29, 0.717) is 22.0 Å². The number of nitrogens with one attached hydrogen (secondary N) is 1. The van der Waals surface area contributed by atoms with Gasteiger partial charge in [-0.2, -0.15) is 0 Å². The average Bonchev–Trinajstić information content (AvgIpc) is 2.77. The quantitative estimate of drug-likeness (QED) is 0.348. The number of hydrogen-bond donors (Lipinski definition) is 1. The summed E-state index contributed by atoms with van der Waals surface area (Å²) < 4.78 is 10.6. The van der Waals surface area contributed by atoms with Gasteiger partial charge in [0.2, 0.25) is 11.7 Å². The lowest BCUT2D eigenvalue weighted by Gasteiger charge is -2.31. The third-order valence-electron chi connectivity index (χ3n) is 4.88. The highest BCUT2D eigenvalue weighted by atomic mass is 35.5. The average molecular weight is 512 g/mol. The van der Waals surface area contributed by atoms with Crippen LogP contribution < -0.4 is 14.8 Å². The maximum Gasteiger partial charge on any atom is 0.311 e. The van der Waals surface area contributed by atoms with Crippen LogP contribution in [0.15, 0.2) is 36.4 Å². The van der Waals surface area contributed by atoms with Crippen LogP contribution in [0.5, 0.6) is 11.5 Å². The number of hydrogen-bond acceptors (Lipinski definition) is 6.